The highest BCUT2D eigenvalue weighted by Gasteiger charge is 2.30. The van der Waals surface area contributed by atoms with Crippen molar-refractivity contribution >= 4 is 11.8 Å². The lowest BCUT2D eigenvalue weighted by Crippen LogP contribution is -2.42. The van der Waals surface area contributed by atoms with Gasteiger partial charge in [0.05, 0.1) is 11.8 Å². The summed E-state index contributed by atoms with van der Waals surface area (Å²) in [5.74, 6) is 0. The van der Waals surface area contributed by atoms with Crippen LogP contribution in [-0.4, -0.2) is 23.2 Å². The average Bonchev–Trinajstić information content (AvgIpc) is 2.72. The number of aliphatic imine (C=N–C) groups is 1. The van der Waals surface area contributed by atoms with Crippen LogP contribution in [0.15, 0.2) is 83.1 Å². The Hall–Kier alpha value is -3.63. The van der Waals surface area contributed by atoms with Gasteiger partial charge in [0.2, 0.25) is 0 Å². The Bertz CT molecular complexity index is 941. The van der Waals surface area contributed by atoms with Crippen molar-refractivity contribution < 1.29 is 0 Å². The van der Waals surface area contributed by atoms with E-state index >= 15 is 0 Å². The summed E-state index contributed by atoms with van der Waals surface area (Å²) >= 11 is 0. The van der Waals surface area contributed by atoms with E-state index in [4.69, 9.17) is 0 Å². The van der Waals surface area contributed by atoms with E-state index in [9.17, 15) is 10.5 Å². The van der Waals surface area contributed by atoms with E-state index in [1.165, 1.54) is 0 Å². The summed E-state index contributed by atoms with van der Waals surface area (Å²) in [6, 6.07) is 23.8. The van der Waals surface area contributed by atoms with Gasteiger partial charge in [0, 0.05) is 6.54 Å². The molecule has 126 valence electrons. The number of benzene rings is 2. The SMILES string of the molecule is CCN1C(C#N)=C(C#N)N=C(c2ccccc2)C1/C=C/c1ccccc1. The number of rotatable bonds is 4. The molecule has 0 amide bonds. The van der Waals surface area contributed by atoms with Crippen molar-refractivity contribution in [1.29, 1.82) is 10.5 Å². The van der Waals surface area contributed by atoms with Gasteiger partial charge >= 0.3 is 0 Å². The molecule has 0 spiro atoms. The predicted molar refractivity (Wildman–Crippen MR) is 103 cm³/mol. The summed E-state index contributed by atoms with van der Waals surface area (Å²) in [6.07, 6.45) is 4.06. The number of nitrogens with zero attached hydrogens (tertiary/aromatic N) is 4. The fourth-order valence-corrected chi connectivity index (χ4v) is 3.02. The van der Waals surface area contributed by atoms with E-state index in [1.54, 1.807) is 0 Å². The Morgan fingerprint density at radius 1 is 1.00 bits per heavy atom. The van der Waals surface area contributed by atoms with E-state index in [-0.39, 0.29) is 11.7 Å². The smallest absolute Gasteiger partial charge is 0.175 e. The number of hydrogen-bond donors (Lipinski definition) is 0. The molecule has 1 unspecified atom stereocenters. The molecule has 0 saturated heterocycles. The number of allylic oxidation sites excluding steroid dienone is 2. The zero-order valence-corrected chi connectivity index (χ0v) is 14.5. The van der Waals surface area contributed by atoms with Crippen LogP contribution in [0.2, 0.25) is 0 Å². The van der Waals surface area contributed by atoms with Crippen LogP contribution in [-0.2, 0) is 0 Å². The van der Waals surface area contributed by atoms with Crippen LogP contribution in [0.25, 0.3) is 6.08 Å². The van der Waals surface area contributed by atoms with E-state index in [0.717, 1.165) is 16.8 Å². The van der Waals surface area contributed by atoms with Crippen molar-refractivity contribution in [2.45, 2.75) is 13.0 Å². The molecule has 2 aromatic rings. The zero-order valence-electron chi connectivity index (χ0n) is 14.5. The maximum atomic E-state index is 9.56. The molecular formula is C22H18N4. The monoisotopic (exact) mass is 338 g/mol. The summed E-state index contributed by atoms with van der Waals surface area (Å²) in [4.78, 5) is 6.46. The van der Waals surface area contributed by atoms with Gasteiger partial charge in [-0.05, 0) is 18.1 Å². The Labute approximate surface area is 153 Å². The highest BCUT2D eigenvalue weighted by atomic mass is 15.2. The number of nitriles is 2. The molecule has 4 heteroatoms. The van der Waals surface area contributed by atoms with Crippen LogP contribution >= 0.6 is 0 Å². The van der Waals surface area contributed by atoms with E-state index in [0.29, 0.717) is 12.2 Å². The summed E-state index contributed by atoms with van der Waals surface area (Å²) in [5.41, 5.74) is 3.27. The van der Waals surface area contributed by atoms with E-state index < -0.39 is 0 Å². The predicted octanol–water partition coefficient (Wildman–Crippen LogP) is 4.15. The van der Waals surface area contributed by atoms with Crippen molar-refractivity contribution in [2.75, 3.05) is 6.54 Å². The van der Waals surface area contributed by atoms with Crippen LogP contribution in [0.1, 0.15) is 18.1 Å². The van der Waals surface area contributed by atoms with Crippen LogP contribution in [0.5, 0.6) is 0 Å². The molecule has 1 atom stereocenters. The first-order valence-electron chi connectivity index (χ1n) is 8.46. The minimum Gasteiger partial charge on any atom is -0.349 e. The van der Waals surface area contributed by atoms with Gasteiger partial charge in [-0.15, -0.1) is 0 Å². The van der Waals surface area contributed by atoms with Gasteiger partial charge in [0.15, 0.2) is 11.4 Å². The first-order chi connectivity index (χ1) is 12.8. The fraction of sp³-hybridized carbons (Fsp3) is 0.136. The fourth-order valence-electron chi connectivity index (χ4n) is 3.02. The lowest BCUT2D eigenvalue weighted by Gasteiger charge is -2.34. The topological polar surface area (TPSA) is 63.2 Å². The molecule has 0 fully saturated rings. The minimum atomic E-state index is -0.214. The molecule has 3 rings (SSSR count). The molecule has 1 aliphatic rings. The Balaban J connectivity index is 2.11. The summed E-state index contributed by atoms with van der Waals surface area (Å²) in [5, 5.41) is 19.0. The van der Waals surface area contributed by atoms with Gasteiger partial charge in [-0.2, -0.15) is 10.5 Å². The second-order valence-corrected chi connectivity index (χ2v) is 5.78. The lowest BCUT2D eigenvalue weighted by molar-refractivity contribution is 0.366. The third kappa shape index (κ3) is 3.41. The third-order valence-corrected chi connectivity index (χ3v) is 4.25. The van der Waals surface area contributed by atoms with Crippen LogP contribution in [0.4, 0.5) is 0 Å². The van der Waals surface area contributed by atoms with Crippen molar-refractivity contribution in [1.82, 2.24) is 4.90 Å². The average molecular weight is 338 g/mol. The first-order valence-corrected chi connectivity index (χ1v) is 8.46. The Kier molecular flexibility index (Phi) is 5.27. The van der Waals surface area contributed by atoms with Gasteiger partial charge in [-0.1, -0.05) is 72.8 Å². The maximum absolute atomic E-state index is 9.56. The molecule has 0 aliphatic carbocycles. The summed E-state index contributed by atoms with van der Waals surface area (Å²) < 4.78 is 0. The lowest BCUT2D eigenvalue weighted by atomic mass is 9.97. The molecule has 0 saturated carbocycles. The van der Waals surface area contributed by atoms with Crippen molar-refractivity contribution in [2.24, 2.45) is 4.99 Å². The molecular weight excluding hydrogens is 320 g/mol. The van der Waals surface area contributed by atoms with E-state index in [1.807, 2.05) is 84.6 Å². The zero-order chi connectivity index (χ0) is 18.4. The summed E-state index contributed by atoms with van der Waals surface area (Å²) in [6.45, 7) is 2.58. The second-order valence-electron chi connectivity index (χ2n) is 5.78. The van der Waals surface area contributed by atoms with Crippen molar-refractivity contribution in [3.05, 3.63) is 89.3 Å². The summed E-state index contributed by atoms with van der Waals surface area (Å²) in [7, 11) is 0. The number of likely N-dealkylation sites (N-methyl/N-ethyl adjacent to an activating group) is 1. The van der Waals surface area contributed by atoms with Gasteiger partial charge < -0.3 is 4.90 Å². The van der Waals surface area contributed by atoms with Gasteiger partial charge in [-0.25, -0.2) is 4.99 Å². The van der Waals surface area contributed by atoms with Gasteiger partial charge in [-0.3, -0.25) is 0 Å². The number of hydrogen-bond acceptors (Lipinski definition) is 4. The molecule has 2 aromatic carbocycles. The quantitative estimate of drug-likeness (QED) is 0.841. The Morgan fingerprint density at radius 3 is 2.23 bits per heavy atom. The van der Waals surface area contributed by atoms with Crippen LogP contribution in [0.3, 0.4) is 0 Å². The molecule has 26 heavy (non-hydrogen) atoms. The molecule has 0 bridgehead atoms. The molecule has 0 aromatic heterocycles. The minimum absolute atomic E-state index is 0.164. The van der Waals surface area contributed by atoms with E-state index in [2.05, 4.69) is 17.1 Å². The van der Waals surface area contributed by atoms with Crippen molar-refractivity contribution in [3.8, 4) is 12.1 Å². The van der Waals surface area contributed by atoms with Gasteiger partial charge in [0.1, 0.15) is 12.1 Å². The molecule has 1 heterocycles. The third-order valence-electron chi connectivity index (χ3n) is 4.25. The maximum Gasteiger partial charge on any atom is 0.175 e. The van der Waals surface area contributed by atoms with Crippen LogP contribution in [0, 0.1) is 22.7 Å². The molecule has 4 nitrogen and oxygen atoms in total. The standard InChI is InChI=1S/C22H18N4/c1-2-26-20(14-13-17-9-5-3-6-10-17)22(18-11-7-4-8-12-18)25-19(15-23)21(26)16-24/h3-14,20H,2H2,1H3/b14-13+. The highest BCUT2D eigenvalue weighted by molar-refractivity contribution is 6.07. The second kappa shape index (κ2) is 7.96. The van der Waals surface area contributed by atoms with Gasteiger partial charge in [0.25, 0.3) is 0 Å². The molecule has 0 N–H and O–H groups in total. The molecule has 1 aliphatic heterocycles. The first kappa shape index (κ1) is 17.2. The Morgan fingerprint density at radius 2 is 1.65 bits per heavy atom. The van der Waals surface area contributed by atoms with Crippen molar-refractivity contribution in [3.63, 3.8) is 0 Å². The largest absolute Gasteiger partial charge is 0.349 e. The normalized spacial score (nSPS) is 17.0. The molecule has 0 radical (unpaired) electrons. The van der Waals surface area contributed by atoms with Crippen LogP contribution < -0.4 is 0 Å². The highest BCUT2D eigenvalue weighted by Crippen LogP contribution is 2.26.